The first-order valence-corrected chi connectivity index (χ1v) is 9.73. The van der Waals surface area contributed by atoms with Crippen LogP contribution in [0.2, 0.25) is 0 Å². The maximum atomic E-state index is 12.7. The van der Waals surface area contributed by atoms with Crippen LogP contribution in [-0.2, 0) is 0 Å². The van der Waals surface area contributed by atoms with Crippen molar-refractivity contribution in [2.24, 2.45) is 5.92 Å². The van der Waals surface area contributed by atoms with Crippen LogP contribution in [0, 0.1) is 5.92 Å². The van der Waals surface area contributed by atoms with Crippen molar-refractivity contribution in [3.63, 3.8) is 0 Å². The second-order valence-electron chi connectivity index (χ2n) is 7.76. The molecule has 0 aliphatic carbocycles. The molecule has 2 aromatic rings. The van der Waals surface area contributed by atoms with E-state index in [0.717, 1.165) is 32.5 Å². The molecule has 142 valence electrons. The van der Waals surface area contributed by atoms with Gasteiger partial charge in [0.25, 0.3) is 17.7 Å². The number of anilines is 1. The molecule has 4 aliphatic heterocycles. The van der Waals surface area contributed by atoms with E-state index in [4.69, 9.17) is 0 Å². The van der Waals surface area contributed by atoms with E-state index < -0.39 is 0 Å². The molecule has 3 saturated heterocycles. The van der Waals surface area contributed by atoms with Crippen molar-refractivity contribution >= 4 is 23.4 Å². The van der Waals surface area contributed by atoms with Crippen molar-refractivity contribution in [2.45, 2.75) is 18.9 Å². The minimum atomic E-state index is -0.329. The number of piperidine rings is 3. The van der Waals surface area contributed by atoms with Crippen molar-refractivity contribution in [1.29, 1.82) is 0 Å². The van der Waals surface area contributed by atoms with E-state index in [9.17, 15) is 14.4 Å². The van der Waals surface area contributed by atoms with E-state index in [2.05, 4.69) is 10.2 Å². The van der Waals surface area contributed by atoms with Gasteiger partial charge in [-0.15, -0.1) is 0 Å². The van der Waals surface area contributed by atoms with Crippen LogP contribution < -0.4 is 10.2 Å². The third-order valence-corrected chi connectivity index (χ3v) is 6.15. The maximum absolute atomic E-state index is 12.7. The minimum Gasteiger partial charge on any atom is -0.348 e. The SMILES string of the molecule is O=C(N[C@@H]1CN2CCC1CC2)c1ccc(N2C(=O)c3ccccc3C2=O)cc1. The Morgan fingerprint density at radius 1 is 0.893 bits per heavy atom. The summed E-state index contributed by atoms with van der Waals surface area (Å²) in [6.07, 6.45) is 2.28. The summed E-state index contributed by atoms with van der Waals surface area (Å²) < 4.78 is 0. The van der Waals surface area contributed by atoms with Crippen molar-refractivity contribution < 1.29 is 14.4 Å². The van der Waals surface area contributed by atoms with Gasteiger partial charge >= 0.3 is 0 Å². The van der Waals surface area contributed by atoms with Gasteiger partial charge in [-0.25, -0.2) is 4.90 Å². The number of hydrogen-bond donors (Lipinski definition) is 1. The van der Waals surface area contributed by atoms with Crippen LogP contribution in [0.4, 0.5) is 5.69 Å². The third kappa shape index (κ3) is 2.72. The number of carbonyl (C=O) groups is 3. The summed E-state index contributed by atoms with van der Waals surface area (Å²) in [7, 11) is 0. The third-order valence-electron chi connectivity index (χ3n) is 6.15. The molecular weight excluding hydrogens is 354 g/mol. The average molecular weight is 375 g/mol. The molecule has 2 aromatic carbocycles. The molecule has 6 rings (SSSR count). The van der Waals surface area contributed by atoms with Crippen molar-refractivity contribution in [2.75, 3.05) is 24.5 Å². The Balaban J connectivity index is 1.32. The number of fused-ring (bicyclic) bond motifs is 4. The number of carbonyl (C=O) groups excluding carboxylic acids is 3. The van der Waals surface area contributed by atoms with Gasteiger partial charge in [0.1, 0.15) is 0 Å². The quantitative estimate of drug-likeness (QED) is 0.836. The first-order chi connectivity index (χ1) is 13.6. The van der Waals surface area contributed by atoms with E-state index >= 15 is 0 Å². The molecule has 3 fully saturated rings. The number of nitrogens with zero attached hydrogens (tertiary/aromatic N) is 2. The highest BCUT2D eigenvalue weighted by atomic mass is 16.2. The summed E-state index contributed by atoms with van der Waals surface area (Å²) in [4.78, 5) is 41.4. The van der Waals surface area contributed by atoms with Crippen LogP contribution in [0.5, 0.6) is 0 Å². The fourth-order valence-electron chi connectivity index (χ4n) is 4.57. The van der Waals surface area contributed by atoms with Gasteiger partial charge < -0.3 is 10.2 Å². The molecule has 3 amide bonds. The standard InChI is InChI=1S/C22H21N3O3/c26-20(23-19-13-24-11-9-14(19)10-12-24)15-5-7-16(8-6-15)25-21(27)17-3-1-2-4-18(17)22(25)28/h1-8,14,19H,9-13H2,(H,23,26)/t19-/m1/s1. The highest BCUT2D eigenvalue weighted by molar-refractivity contribution is 6.34. The zero-order valence-electron chi connectivity index (χ0n) is 15.4. The zero-order valence-corrected chi connectivity index (χ0v) is 15.4. The highest BCUT2D eigenvalue weighted by Crippen LogP contribution is 2.29. The van der Waals surface area contributed by atoms with Gasteiger partial charge in [0.15, 0.2) is 0 Å². The summed E-state index contributed by atoms with van der Waals surface area (Å²) in [5.41, 5.74) is 1.84. The number of imide groups is 1. The lowest BCUT2D eigenvalue weighted by molar-refractivity contribution is 0.0620. The number of nitrogens with one attached hydrogen (secondary N) is 1. The molecule has 0 radical (unpaired) electrons. The molecule has 0 aromatic heterocycles. The van der Waals surface area contributed by atoms with E-state index in [0.29, 0.717) is 28.3 Å². The summed E-state index contributed by atoms with van der Waals surface area (Å²) in [5, 5.41) is 3.16. The average Bonchev–Trinajstić information content (AvgIpc) is 3.00. The molecular formula is C22H21N3O3. The fourth-order valence-corrected chi connectivity index (χ4v) is 4.57. The van der Waals surface area contributed by atoms with Crippen molar-refractivity contribution in [3.05, 3.63) is 65.2 Å². The normalized spacial score (nSPS) is 25.7. The van der Waals surface area contributed by atoms with E-state index in [-0.39, 0.29) is 23.8 Å². The van der Waals surface area contributed by atoms with Gasteiger partial charge in [-0.1, -0.05) is 12.1 Å². The zero-order chi connectivity index (χ0) is 19.3. The van der Waals surface area contributed by atoms with Crippen LogP contribution >= 0.6 is 0 Å². The lowest BCUT2D eigenvalue weighted by Gasteiger charge is -2.44. The molecule has 28 heavy (non-hydrogen) atoms. The van der Waals surface area contributed by atoms with Crippen LogP contribution in [0.25, 0.3) is 0 Å². The molecule has 2 bridgehead atoms. The van der Waals surface area contributed by atoms with Gasteiger partial charge in [0, 0.05) is 18.2 Å². The number of hydrogen-bond acceptors (Lipinski definition) is 4. The molecule has 4 heterocycles. The Morgan fingerprint density at radius 3 is 2.04 bits per heavy atom. The molecule has 0 saturated carbocycles. The Labute approximate surface area is 163 Å². The lowest BCUT2D eigenvalue weighted by Crippen LogP contribution is -2.57. The molecule has 4 aliphatic rings. The number of benzene rings is 2. The fraction of sp³-hybridized carbons (Fsp3) is 0.318. The monoisotopic (exact) mass is 375 g/mol. The first kappa shape index (κ1) is 17.1. The van der Waals surface area contributed by atoms with Gasteiger partial charge in [-0.2, -0.15) is 0 Å². The topological polar surface area (TPSA) is 69.7 Å². The Kier molecular flexibility index (Phi) is 4.02. The van der Waals surface area contributed by atoms with Gasteiger partial charge in [0.05, 0.1) is 16.8 Å². The smallest absolute Gasteiger partial charge is 0.266 e. The largest absolute Gasteiger partial charge is 0.348 e. The number of amides is 3. The molecule has 1 N–H and O–H groups in total. The number of rotatable bonds is 3. The highest BCUT2D eigenvalue weighted by Gasteiger charge is 2.37. The maximum Gasteiger partial charge on any atom is 0.266 e. The van der Waals surface area contributed by atoms with Crippen LogP contribution in [0.15, 0.2) is 48.5 Å². The second-order valence-corrected chi connectivity index (χ2v) is 7.76. The molecule has 6 heteroatoms. The minimum absolute atomic E-state index is 0.104. The van der Waals surface area contributed by atoms with Crippen LogP contribution in [-0.4, -0.2) is 48.3 Å². The predicted octanol–water partition coefficient (Wildman–Crippen LogP) is 2.31. The van der Waals surface area contributed by atoms with Crippen LogP contribution in [0.1, 0.15) is 43.9 Å². The summed E-state index contributed by atoms with van der Waals surface area (Å²) in [6, 6.07) is 13.7. The Bertz CT molecular complexity index is 926. The van der Waals surface area contributed by atoms with Crippen LogP contribution in [0.3, 0.4) is 0 Å². The summed E-state index contributed by atoms with van der Waals surface area (Å²) in [5.74, 6) is -0.200. The van der Waals surface area contributed by atoms with Crippen molar-refractivity contribution in [3.8, 4) is 0 Å². The predicted molar refractivity (Wildman–Crippen MR) is 104 cm³/mol. The molecule has 0 spiro atoms. The molecule has 1 atom stereocenters. The van der Waals surface area contributed by atoms with Gasteiger partial charge in [-0.05, 0) is 68.2 Å². The van der Waals surface area contributed by atoms with E-state index in [1.165, 1.54) is 4.90 Å². The van der Waals surface area contributed by atoms with E-state index in [1.54, 1.807) is 48.5 Å². The molecule has 6 nitrogen and oxygen atoms in total. The van der Waals surface area contributed by atoms with Gasteiger partial charge in [0.2, 0.25) is 0 Å². The van der Waals surface area contributed by atoms with E-state index in [1.807, 2.05) is 0 Å². The lowest BCUT2D eigenvalue weighted by atomic mass is 9.84. The van der Waals surface area contributed by atoms with Crippen molar-refractivity contribution in [1.82, 2.24) is 10.2 Å². The Hall–Kier alpha value is -2.99. The summed E-state index contributed by atoms with van der Waals surface area (Å²) in [6.45, 7) is 3.18. The molecule has 0 unspecified atom stereocenters. The van der Waals surface area contributed by atoms with Gasteiger partial charge in [-0.3, -0.25) is 14.4 Å². The second kappa shape index (κ2) is 6.56. The summed E-state index contributed by atoms with van der Waals surface area (Å²) >= 11 is 0. The first-order valence-electron chi connectivity index (χ1n) is 9.73. The Morgan fingerprint density at radius 2 is 1.50 bits per heavy atom.